The molecule has 0 radical (unpaired) electrons. The molecular formula is C17H20F6O8S2. The minimum Gasteiger partial charge on any atom is -0.465 e. The van der Waals surface area contributed by atoms with Gasteiger partial charge in [-0.1, -0.05) is 19.1 Å². The Hall–Kier alpha value is -2.07. The third-order valence-electron chi connectivity index (χ3n) is 4.56. The predicted molar refractivity (Wildman–Crippen MR) is 101 cm³/mol. The molecule has 0 saturated carbocycles. The number of rotatable bonds is 11. The first kappa shape index (κ1) is 29.0. The number of carbonyl (C=O) groups is 1. The second kappa shape index (κ2) is 9.29. The van der Waals surface area contributed by atoms with E-state index in [1.807, 2.05) is 0 Å². The Bertz CT molecular complexity index is 1070. The molecule has 0 aromatic heterocycles. The number of carbonyl (C=O) groups excluding carboxylic acids is 1. The zero-order valence-electron chi connectivity index (χ0n) is 17.3. The van der Waals surface area contributed by atoms with E-state index in [2.05, 4.69) is 4.18 Å². The lowest BCUT2D eigenvalue weighted by Gasteiger charge is -2.29. The van der Waals surface area contributed by atoms with Crippen molar-refractivity contribution in [2.75, 3.05) is 6.61 Å². The molecule has 0 aliphatic heterocycles. The van der Waals surface area contributed by atoms with Gasteiger partial charge in [0.2, 0.25) is 0 Å². The molecule has 33 heavy (non-hydrogen) atoms. The molecule has 0 saturated heterocycles. The fourth-order valence-corrected chi connectivity index (χ4v) is 3.41. The second-order valence-electron chi connectivity index (χ2n) is 7.39. The maximum atomic E-state index is 13.8. The van der Waals surface area contributed by atoms with Crippen molar-refractivity contribution in [2.24, 2.45) is 5.41 Å². The summed E-state index contributed by atoms with van der Waals surface area (Å²) in [5.74, 6) is -8.57. The highest BCUT2D eigenvalue weighted by atomic mass is 32.2. The van der Waals surface area contributed by atoms with E-state index in [9.17, 15) is 48.0 Å². The molecule has 0 unspecified atom stereocenters. The molecule has 1 aromatic rings. The van der Waals surface area contributed by atoms with Crippen LogP contribution >= 0.6 is 0 Å². The minimum absolute atomic E-state index is 0.0907. The van der Waals surface area contributed by atoms with Crippen molar-refractivity contribution in [1.82, 2.24) is 0 Å². The highest BCUT2D eigenvalue weighted by Gasteiger charge is 2.83. The van der Waals surface area contributed by atoms with Gasteiger partial charge in [0.15, 0.2) is 0 Å². The van der Waals surface area contributed by atoms with Crippen LogP contribution < -0.4 is 4.18 Å². The van der Waals surface area contributed by atoms with Crippen molar-refractivity contribution >= 4 is 26.2 Å². The largest absolute Gasteiger partial charge is 0.465 e. The van der Waals surface area contributed by atoms with E-state index < -0.39 is 53.8 Å². The van der Waals surface area contributed by atoms with Gasteiger partial charge in [0.05, 0.1) is 12.0 Å². The molecule has 8 nitrogen and oxygen atoms in total. The fraction of sp³-hybridized carbons (Fsp3) is 0.588. The second-order valence-corrected chi connectivity index (χ2v) is 10.4. The van der Waals surface area contributed by atoms with E-state index in [4.69, 9.17) is 9.29 Å². The summed E-state index contributed by atoms with van der Waals surface area (Å²) in [6, 6.07) is 3.62. The van der Waals surface area contributed by atoms with Gasteiger partial charge < -0.3 is 8.92 Å². The molecule has 0 amide bonds. The zero-order chi connectivity index (χ0) is 26.1. The lowest BCUT2D eigenvalue weighted by atomic mass is 9.91. The summed E-state index contributed by atoms with van der Waals surface area (Å²) >= 11 is 0. The van der Waals surface area contributed by atoms with Crippen LogP contribution in [0.5, 0.6) is 5.75 Å². The summed E-state index contributed by atoms with van der Waals surface area (Å²) in [7, 11) is -14.0. The van der Waals surface area contributed by atoms with Gasteiger partial charge in [-0.05, 0) is 38.0 Å². The third kappa shape index (κ3) is 5.71. The van der Waals surface area contributed by atoms with Crippen molar-refractivity contribution in [3.8, 4) is 5.75 Å². The Balaban J connectivity index is 2.98. The van der Waals surface area contributed by atoms with E-state index in [1.165, 1.54) is 0 Å². The molecule has 16 heteroatoms. The first-order valence-electron chi connectivity index (χ1n) is 8.94. The first-order valence-corrected chi connectivity index (χ1v) is 11.8. The Kier molecular flexibility index (Phi) is 8.15. The van der Waals surface area contributed by atoms with Crippen LogP contribution in [0.25, 0.3) is 0 Å². The van der Waals surface area contributed by atoms with Crippen molar-refractivity contribution < 1.29 is 61.4 Å². The highest BCUT2D eigenvalue weighted by molar-refractivity contribution is 7.88. The molecule has 0 fully saturated rings. The molecule has 0 heterocycles. The number of ether oxygens (including phenoxy) is 1. The smallest absolute Gasteiger partial charge is 0.450 e. The van der Waals surface area contributed by atoms with E-state index in [0.717, 1.165) is 24.3 Å². The molecule has 190 valence electrons. The lowest BCUT2D eigenvalue weighted by Crippen LogP contribution is -2.61. The van der Waals surface area contributed by atoms with Crippen LogP contribution in [0, 0.1) is 5.41 Å². The summed E-state index contributed by atoms with van der Waals surface area (Å²) in [5.41, 5.74) is -0.359. The van der Waals surface area contributed by atoms with Crippen LogP contribution in [0.1, 0.15) is 32.8 Å². The van der Waals surface area contributed by atoms with E-state index in [-0.39, 0.29) is 13.0 Å². The Morgan fingerprint density at radius 2 is 1.42 bits per heavy atom. The standard InChI is InChI=1S/C17H20F6O8S2/c1-4-14(2,3)13(24)30-10-9-11-5-7-12(8-6-11)31-33(28,29)17(22,23)15(18,19)16(20,21)32(25,26)27/h5-8H,4,9-10H2,1-3H3,(H,25,26,27). The summed E-state index contributed by atoms with van der Waals surface area (Å²) in [5, 5.41) is -13.6. The maximum Gasteiger partial charge on any atom is 0.450 e. The van der Waals surface area contributed by atoms with Gasteiger partial charge in [-0.25, -0.2) is 0 Å². The number of benzene rings is 1. The number of esters is 1. The van der Waals surface area contributed by atoms with E-state index in [0.29, 0.717) is 12.0 Å². The monoisotopic (exact) mass is 530 g/mol. The van der Waals surface area contributed by atoms with Gasteiger partial charge in [-0.15, -0.1) is 0 Å². The summed E-state index contributed by atoms with van der Waals surface area (Å²) in [6.45, 7) is 4.99. The third-order valence-corrected chi connectivity index (χ3v) is 6.76. The maximum absolute atomic E-state index is 13.8. The number of alkyl halides is 6. The molecule has 1 aromatic carbocycles. The Labute approximate surface area is 185 Å². The van der Waals surface area contributed by atoms with Gasteiger partial charge in [-0.2, -0.15) is 43.2 Å². The van der Waals surface area contributed by atoms with Crippen molar-refractivity contribution in [3.05, 3.63) is 29.8 Å². The Morgan fingerprint density at radius 3 is 1.85 bits per heavy atom. The van der Waals surface area contributed by atoms with Gasteiger partial charge in [0.1, 0.15) is 5.75 Å². The van der Waals surface area contributed by atoms with Crippen LogP contribution in [0.2, 0.25) is 0 Å². The fourth-order valence-electron chi connectivity index (χ4n) is 1.98. The van der Waals surface area contributed by atoms with Crippen LogP contribution in [0.3, 0.4) is 0 Å². The van der Waals surface area contributed by atoms with Gasteiger partial charge in [-0.3, -0.25) is 9.35 Å². The molecular weight excluding hydrogens is 510 g/mol. The quantitative estimate of drug-likeness (QED) is 0.199. The summed E-state index contributed by atoms with van der Waals surface area (Å²) < 4.78 is 142. The van der Waals surface area contributed by atoms with E-state index in [1.54, 1.807) is 20.8 Å². The van der Waals surface area contributed by atoms with E-state index >= 15 is 0 Å². The molecule has 0 atom stereocenters. The molecule has 0 spiro atoms. The Morgan fingerprint density at radius 1 is 0.939 bits per heavy atom. The predicted octanol–water partition coefficient (Wildman–Crippen LogP) is 3.63. The molecule has 0 aliphatic rings. The zero-order valence-corrected chi connectivity index (χ0v) is 19.0. The molecule has 0 bridgehead atoms. The summed E-state index contributed by atoms with van der Waals surface area (Å²) in [6.07, 6.45) is 0.597. The molecule has 0 aliphatic carbocycles. The van der Waals surface area contributed by atoms with Crippen LogP contribution in [-0.4, -0.2) is 50.4 Å². The van der Waals surface area contributed by atoms with Gasteiger partial charge >= 0.3 is 42.6 Å². The van der Waals surface area contributed by atoms with Crippen LogP contribution in [0.15, 0.2) is 24.3 Å². The van der Waals surface area contributed by atoms with Crippen molar-refractivity contribution in [3.63, 3.8) is 0 Å². The topological polar surface area (TPSA) is 124 Å². The lowest BCUT2D eigenvalue weighted by molar-refractivity contribution is -0.247. The molecule has 1 N–H and O–H groups in total. The molecule has 1 rings (SSSR count). The van der Waals surface area contributed by atoms with Crippen molar-refractivity contribution in [2.45, 2.75) is 50.0 Å². The average molecular weight is 530 g/mol. The van der Waals surface area contributed by atoms with Crippen molar-refractivity contribution in [1.29, 1.82) is 0 Å². The highest BCUT2D eigenvalue weighted by Crippen LogP contribution is 2.50. The van der Waals surface area contributed by atoms with Gasteiger partial charge in [0, 0.05) is 6.42 Å². The summed E-state index contributed by atoms with van der Waals surface area (Å²) in [4.78, 5) is 11.9. The normalized spacial score (nSPS) is 14.1. The first-order chi connectivity index (χ1) is 14.6. The SMILES string of the molecule is CCC(C)(C)C(=O)OCCc1ccc(OS(=O)(=O)C(F)(F)C(F)(F)C(F)(F)S(=O)(=O)O)cc1. The minimum atomic E-state index is -7.13. The van der Waals surface area contributed by atoms with Gasteiger partial charge in [0.25, 0.3) is 0 Å². The number of hydrogen-bond acceptors (Lipinski definition) is 7. The van der Waals surface area contributed by atoms with Crippen LogP contribution in [0.4, 0.5) is 26.3 Å². The van der Waals surface area contributed by atoms with Crippen LogP contribution in [-0.2, 0) is 36.2 Å². The average Bonchev–Trinajstić information content (AvgIpc) is 2.67. The number of hydrogen-bond donors (Lipinski definition) is 1. The number of halogens is 6.